The summed E-state index contributed by atoms with van der Waals surface area (Å²) in [6.07, 6.45) is -13.2. The van der Waals surface area contributed by atoms with Crippen molar-refractivity contribution in [2.24, 2.45) is 0 Å². The Hall–Kier alpha value is -5.19. The molecule has 2 aliphatic heterocycles. The number of aliphatic hydroxyl groups excluding tert-OH is 1. The van der Waals surface area contributed by atoms with Crippen LogP contribution >= 0.6 is 0 Å². The molecule has 2 heterocycles. The first-order chi connectivity index (χ1) is 34.0. The Morgan fingerprint density at radius 3 is 1.55 bits per heavy atom. The number of amides is 1. The van der Waals surface area contributed by atoms with Gasteiger partial charge in [-0.25, -0.2) is 4.18 Å². The smallest absolute Gasteiger partial charge is 0.397 e. The third-order valence-electron chi connectivity index (χ3n) is 12.3. The largest absolute Gasteiger partial charge is 0.454 e. The van der Waals surface area contributed by atoms with Crippen molar-refractivity contribution in [2.45, 2.75) is 121 Å². The van der Waals surface area contributed by atoms with Gasteiger partial charge < -0.3 is 48.0 Å². The summed E-state index contributed by atoms with van der Waals surface area (Å²) < 4.78 is 94.5. The zero-order chi connectivity index (χ0) is 50.6. The van der Waals surface area contributed by atoms with Crippen LogP contribution in [0.1, 0.15) is 51.3 Å². The SMILES string of the molecule is CC(=O)N[C@@H]1[C@@H](OS(=O)(=O)O)[C@H](O[C@@H]2O[C@H](COCc3ccccc3)[C@@H](OCc3ccccc3)[C@H](OCc3ccccc3)[C@H]2OC(C)=O)[C@@H](CO[Si](c2ccccc2)(c2ccccc2)C(C)(C)C)O[C@@H]1O. The number of benzene rings is 5. The van der Waals surface area contributed by atoms with Gasteiger partial charge in [-0.1, -0.05) is 172 Å². The fourth-order valence-corrected chi connectivity index (χ4v) is 14.3. The first-order valence-electron chi connectivity index (χ1n) is 23.4. The second-order valence-electron chi connectivity index (χ2n) is 18.5. The van der Waals surface area contributed by atoms with Gasteiger partial charge in [0, 0.05) is 13.8 Å². The van der Waals surface area contributed by atoms with Gasteiger partial charge in [0.15, 0.2) is 18.7 Å². The molecule has 0 saturated carbocycles. The van der Waals surface area contributed by atoms with E-state index in [-0.39, 0.29) is 33.0 Å². The number of nitrogens with one attached hydrogen (secondary N) is 1. The fourth-order valence-electron chi connectivity index (χ4n) is 9.22. The van der Waals surface area contributed by atoms with E-state index in [2.05, 4.69) is 26.1 Å². The molecule has 0 aliphatic carbocycles. The number of carbonyl (C=O) groups is 2. The molecule has 0 aromatic heterocycles. The number of carbonyl (C=O) groups excluding carboxylic acids is 2. The quantitative estimate of drug-likeness (QED) is 0.0479. The highest BCUT2D eigenvalue weighted by atomic mass is 32.3. The molecule has 16 nitrogen and oxygen atoms in total. The molecular formula is C53H63NO15SSi. The van der Waals surface area contributed by atoms with Crippen LogP contribution in [0.2, 0.25) is 5.04 Å². The van der Waals surface area contributed by atoms with Crippen molar-refractivity contribution in [2.75, 3.05) is 13.2 Å². The Morgan fingerprint density at radius 1 is 0.620 bits per heavy atom. The second-order valence-corrected chi connectivity index (χ2v) is 23.8. The van der Waals surface area contributed by atoms with Crippen LogP contribution in [0.15, 0.2) is 152 Å². The van der Waals surface area contributed by atoms with Crippen molar-refractivity contribution in [1.82, 2.24) is 5.32 Å². The minimum absolute atomic E-state index is 0.0194. The number of esters is 1. The standard InChI is InChI=1S/C53H63NO15SSi/c1-36(55)54-45-48(69-70(58,59)60)47(44(66-51(45)57)35-64-71(53(3,4)5,41-27-17-9-18-28-41)42-29-19-10-20-30-42)68-52-50(65-37(2)56)49(63-33-40-25-15-8-16-26-40)46(62-32-39-23-13-7-14-24-39)43(67-52)34-61-31-38-21-11-6-12-22-38/h6-30,43-52,57H,31-35H2,1-5H3,(H,54,55)(H,58,59,60)/t43-,44-,45-,46-,47-,48-,49+,50-,51+,52+/m1/s1. The van der Waals surface area contributed by atoms with Gasteiger partial charge in [0.05, 0.1) is 33.0 Å². The molecule has 380 valence electrons. The van der Waals surface area contributed by atoms with E-state index in [1.54, 1.807) is 0 Å². The summed E-state index contributed by atoms with van der Waals surface area (Å²) in [7, 11) is -8.75. The monoisotopic (exact) mass is 1010 g/mol. The maximum atomic E-state index is 13.3. The molecule has 0 radical (unpaired) electrons. The molecule has 2 aliphatic rings. The lowest BCUT2D eigenvalue weighted by Crippen LogP contribution is -2.70. The summed E-state index contributed by atoms with van der Waals surface area (Å²) >= 11 is 0. The summed E-state index contributed by atoms with van der Waals surface area (Å²) in [5.74, 6) is -1.44. The highest BCUT2D eigenvalue weighted by Crippen LogP contribution is 2.39. The highest BCUT2D eigenvalue weighted by Gasteiger charge is 2.57. The van der Waals surface area contributed by atoms with Crippen LogP contribution in [0.3, 0.4) is 0 Å². The van der Waals surface area contributed by atoms with Crippen LogP contribution < -0.4 is 15.7 Å². The van der Waals surface area contributed by atoms with E-state index >= 15 is 0 Å². The van der Waals surface area contributed by atoms with Crippen LogP contribution in [-0.2, 0) is 81.6 Å². The van der Waals surface area contributed by atoms with Crippen LogP contribution in [0.5, 0.6) is 0 Å². The van der Waals surface area contributed by atoms with Crippen molar-refractivity contribution >= 4 is 41.0 Å². The predicted molar refractivity (Wildman–Crippen MR) is 264 cm³/mol. The number of hydrogen-bond donors (Lipinski definition) is 3. The lowest BCUT2D eigenvalue weighted by Gasteiger charge is -2.50. The van der Waals surface area contributed by atoms with Gasteiger partial charge in [-0.2, -0.15) is 8.42 Å². The van der Waals surface area contributed by atoms with Crippen LogP contribution in [0.25, 0.3) is 0 Å². The van der Waals surface area contributed by atoms with E-state index in [0.717, 1.165) is 34.0 Å². The molecule has 2 saturated heterocycles. The average molecular weight is 1010 g/mol. The minimum Gasteiger partial charge on any atom is -0.454 e. The molecule has 0 bridgehead atoms. The van der Waals surface area contributed by atoms with E-state index in [1.165, 1.54) is 6.92 Å². The third-order valence-corrected chi connectivity index (χ3v) is 17.8. The Balaban J connectivity index is 1.33. The summed E-state index contributed by atoms with van der Waals surface area (Å²) in [6.45, 7) is 8.36. The molecule has 18 heteroatoms. The van der Waals surface area contributed by atoms with E-state index in [0.29, 0.717) is 0 Å². The van der Waals surface area contributed by atoms with Gasteiger partial charge in [0.2, 0.25) is 5.91 Å². The first-order valence-corrected chi connectivity index (χ1v) is 26.7. The molecular weight excluding hydrogens is 951 g/mol. The molecule has 0 unspecified atom stereocenters. The van der Waals surface area contributed by atoms with Gasteiger partial charge in [0.1, 0.15) is 42.7 Å². The van der Waals surface area contributed by atoms with Gasteiger partial charge >= 0.3 is 16.4 Å². The Kier molecular flexibility index (Phi) is 18.5. The number of hydrogen-bond acceptors (Lipinski definition) is 14. The number of ether oxygens (including phenoxy) is 7. The summed E-state index contributed by atoms with van der Waals surface area (Å²) in [6, 6.07) is 46.0. The maximum absolute atomic E-state index is 13.3. The van der Waals surface area contributed by atoms with Gasteiger partial charge in [-0.3, -0.25) is 14.1 Å². The molecule has 7 rings (SSSR count). The Labute approximate surface area is 416 Å². The first kappa shape index (κ1) is 53.6. The summed E-state index contributed by atoms with van der Waals surface area (Å²) in [5, 5.41) is 15.4. The van der Waals surface area contributed by atoms with E-state index in [1.807, 2.05) is 152 Å². The molecule has 0 spiro atoms. The molecule has 2 fully saturated rings. The Bertz CT molecular complexity index is 2500. The highest BCUT2D eigenvalue weighted by molar-refractivity contribution is 7.80. The second kappa shape index (κ2) is 24.5. The van der Waals surface area contributed by atoms with Crippen molar-refractivity contribution in [3.05, 3.63) is 168 Å². The van der Waals surface area contributed by atoms with E-state index in [9.17, 15) is 27.7 Å². The lowest BCUT2D eigenvalue weighted by atomic mass is 9.95. The summed E-state index contributed by atoms with van der Waals surface area (Å²) in [4.78, 5) is 26.0. The molecule has 5 aromatic rings. The van der Waals surface area contributed by atoms with E-state index < -0.39 is 97.0 Å². The summed E-state index contributed by atoms with van der Waals surface area (Å²) in [5.41, 5.74) is 2.49. The minimum atomic E-state index is -5.36. The van der Waals surface area contributed by atoms with Crippen molar-refractivity contribution in [3.8, 4) is 0 Å². The molecule has 71 heavy (non-hydrogen) atoms. The normalized spacial score (nSPS) is 25.0. The lowest BCUT2D eigenvalue weighted by molar-refractivity contribution is -0.353. The zero-order valence-corrected chi connectivity index (χ0v) is 42.2. The average Bonchev–Trinajstić information content (AvgIpc) is 3.34. The zero-order valence-electron chi connectivity index (χ0n) is 40.4. The van der Waals surface area contributed by atoms with Gasteiger partial charge in [0.25, 0.3) is 8.32 Å². The van der Waals surface area contributed by atoms with Crippen molar-refractivity contribution < 1.29 is 69.4 Å². The topological polar surface area (TPSA) is 204 Å². The fraction of sp³-hybridized carbons (Fsp3) is 0.396. The Morgan fingerprint density at radius 2 is 1.08 bits per heavy atom. The van der Waals surface area contributed by atoms with Crippen LogP contribution in [0.4, 0.5) is 0 Å². The molecule has 5 aromatic carbocycles. The maximum Gasteiger partial charge on any atom is 0.397 e. The van der Waals surface area contributed by atoms with Gasteiger partial charge in [-0.05, 0) is 32.1 Å². The van der Waals surface area contributed by atoms with Crippen LogP contribution in [0, 0.1) is 0 Å². The molecule has 10 atom stereocenters. The van der Waals surface area contributed by atoms with Crippen molar-refractivity contribution in [1.29, 1.82) is 0 Å². The number of rotatable bonds is 21. The predicted octanol–water partition coefficient (Wildman–Crippen LogP) is 5.40. The van der Waals surface area contributed by atoms with Gasteiger partial charge in [-0.15, -0.1) is 0 Å². The number of aliphatic hydroxyl groups is 1. The molecule has 3 N–H and O–H groups in total. The van der Waals surface area contributed by atoms with E-state index in [4.69, 9.17) is 41.8 Å². The third kappa shape index (κ3) is 14.1. The van der Waals surface area contributed by atoms with Crippen molar-refractivity contribution in [3.63, 3.8) is 0 Å². The van der Waals surface area contributed by atoms with Crippen LogP contribution in [-0.4, -0.2) is 113 Å². The molecule has 1 amide bonds.